The third kappa shape index (κ3) is 5.42. The summed E-state index contributed by atoms with van der Waals surface area (Å²) < 4.78 is 24.1. The number of carbonyl (C=O) groups excluding carboxylic acids is 1. The van der Waals surface area contributed by atoms with E-state index in [2.05, 4.69) is 5.32 Å². The molecule has 0 aliphatic carbocycles. The van der Waals surface area contributed by atoms with E-state index in [1.807, 2.05) is 0 Å². The topological polar surface area (TPSA) is 101 Å². The predicted octanol–water partition coefficient (Wildman–Crippen LogP) is 2.89. The van der Waals surface area contributed by atoms with E-state index >= 15 is 0 Å². The Bertz CT molecular complexity index is 919. The quantitative estimate of drug-likeness (QED) is 0.775. The Kier molecular flexibility index (Phi) is 6.15. The molecule has 0 aliphatic heterocycles. The van der Waals surface area contributed by atoms with Crippen LogP contribution in [0.3, 0.4) is 0 Å². The van der Waals surface area contributed by atoms with Gasteiger partial charge < -0.3 is 10.4 Å². The van der Waals surface area contributed by atoms with Crippen molar-refractivity contribution in [2.75, 3.05) is 5.32 Å². The van der Waals surface area contributed by atoms with Crippen LogP contribution >= 0.6 is 0 Å². The van der Waals surface area contributed by atoms with Crippen molar-refractivity contribution in [3.8, 4) is 0 Å². The zero-order chi connectivity index (χ0) is 19.3. The number of carbonyl (C=O) groups is 2. The molecule has 0 unspecified atom stereocenters. The molecule has 0 saturated carbocycles. The minimum absolute atomic E-state index is 0.0235. The molecule has 2 aromatic carbocycles. The highest BCUT2D eigenvalue weighted by Gasteiger charge is 2.17. The molecule has 0 saturated heterocycles. The predicted molar refractivity (Wildman–Crippen MR) is 99.9 cm³/mol. The average molecular weight is 375 g/mol. The number of aromatic carboxylic acids is 1. The van der Waals surface area contributed by atoms with Gasteiger partial charge in [0, 0.05) is 5.69 Å². The molecule has 0 aliphatic rings. The molecule has 7 heteroatoms. The van der Waals surface area contributed by atoms with Gasteiger partial charge in [-0.2, -0.15) is 0 Å². The van der Waals surface area contributed by atoms with Crippen LogP contribution in [0.1, 0.15) is 35.3 Å². The summed E-state index contributed by atoms with van der Waals surface area (Å²) >= 11 is 0. The number of anilines is 1. The van der Waals surface area contributed by atoms with Crippen molar-refractivity contribution in [2.24, 2.45) is 0 Å². The Balaban J connectivity index is 2.07. The van der Waals surface area contributed by atoms with Crippen molar-refractivity contribution in [2.45, 2.75) is 31.3 Å². The first-order chi connectivity index (χ1) is 12.2. The Morgan fingerprint density at radius 3 is 2.35 bits per heavy atom. The highest BCUT2D eigenvalue weighted by Crippen LogP contribution is 2.16. The lowest BCUT2D eigenvalue weighted by Crippen LogP contribution is -2.17. The number of rotatable bonds is 7. The molecule has 0 heterocycles. The molecule has 0 spiro atoms. The molecule has 26 heavy (non-hydrogen) atoms. The zero-order valence-electron chi connectivity index (χ0n) is 14.6. The molecule has 6 nitrogen and oxygen atoms in total. The summed E-state index contributed by atoms with van der Waals surface area (Å²) in [5, 5.41) is 11.2. The van der Waals surface area contributed by atoms with Crippen molar-refractivity contribution in [1.82, 2.24) is 0 Å². The summed E-state index contributed by atoms with van der Waals surface area (Å²) in [6.45, 7) is 3.26. The Morgan fingerprint density at radius 2 is 1.69 bits per heavy atom. The number of carboxylic acid groups (broad SMARTS) is 1. The number of benzene rings is 2. The second kappa shape index (κ2) is 8.14. The van der Waals surface area contributed by atoms with Crippen LogP contribution in [0, 0.1) is 0 Å². The number of sulfone groups is 1. The van der Waals surface area contributed by atoms with Gasteiger partial charge in [0.2, 0.25) is 5.91 Å². The SMILES string of the molecule is CC(C)S(=O)(=O)Cc1cccc(NC(=O)Cc2cccc(C(=O)O)c2)c1. The summed E-state index contributed by atoms with van der Waals surface area (Å²) in [6.07, 6.45) is 0.0235. The van der Waals surface area contributed by atoms with Crippen LogP contribution in [0.4, 0.5) is 5.69 Å². The van der Waals surface area contributed by atoms with Crippen molar-refractivity contribution < 1.29 is 23.1 Å². The second-order valence-corrected chi connectivity index (χ2v) is 8.84. The highest BCUT2D eigenvalue weighted by atomic mass is 32.2. The number of amides is 1. The van der Waals surface area contributed by atoms with Crippen molar-refractivity contribution in [3.05, 3.63) is 65.2 Å². The minimum atomic E-state index is -3.23. The van der Waals surface area contributed by atoms with Gasteiger partial charge in [-0.3, -0.25) is 4.79 Å². The van der Waals surface area contributed by atoms with E-state index in [4.69, 9.17) is 5.11 Å². The smallest absolute Gasteiger partial charge is 0.335 e. The third-order valence-electron chi connectivity index (χ3n) is 3.84. The van der Waals surface area contributed by atoms with Crippen LogP contribution in [0.25, 0.3) is 0 Å². The fourth-order valence-electron chi connectivity index (χ4n) is 2.34. The normalized spacial score (nSPS) is 11.3. The zero-order valence-corrected chi connectivity index (χ0v) is 15.4. The van der Waals surface area contributed by atoms with Crippen molar-refractivity contribution >= 4 is 27.4 Å². The molecule has 0 fully saturated rings. The lowest BCUT2D eigenvalue weighted by Gasteiger charge is -2.10. The fourth-order valence-corrected chi connectivity index (χ4v) is 3.32. The summed E-state index contributed by atoms with van der Waals surface area (Å²) in [5.74, 6) is -1.45. The molecule has 2 N–H and O–H groups in total. The Labute approximate surface area is 152 Å². The largest absolute Gasteiger partial charge is 0.478 e. The molecule has 2 aromatic rings. The van der Waals surface area contributed by atoms with Gasteiger partial charge in [-0.05, 0) is 49.2 Å². The molecule has 138 valence electrons. The van der Waals surface area contributed by atoms with E-state index in [1.54, 1.807) is 50.2 Å². The molecule has 1 amide bonds. The fraction of sp³-hybridized carbons (Fsp3) is 0.263. The lowest BCUT2D eigenvalue weighted by atomic mass is 10.1. The summed E-state index contributed by atoms with van der Waals surface area (Å²) in [5.41, 5.74) is 1.81. The van der Waals surface area contributed by atoms with Crippen LogP contribution in [0.15, 0.2) is 48.5 Å². The monoisotopic (exact) mass is 375 g/mol. The van der Waals surface area contributed by atoms with Crippen LogP contribution in [0.5, 0.6) is 0 Å². The number of carboxylic acids is 1. The van der Waals surface area contributed by atoms with Crippen molar-refractivity contribution in [1.29, 1.82) is 0 Å². The summed E-state index contributed by atoms with van der Waals surface area (Å²) in [7, 11) is -3.23. The van der Waals surface area contributed by atoms with Crippen LogP contribution in [0.2, 0.25) is 0 Å². The first-order valence-electron chi connectivity index (χ1n) is 8.10. The van der Waals surface area contributed by atoms with E-state index in [1.165, 1.54) is 12.1 Å². The van der Waals surface area contributed by atoms with E-state index in [9.17, 15) is 18.0 Å². The van der Waals surface area contributed by atoms with E-state index in [0.29, 0.717) is 16.8 Å². The second-order valence-electron chi connectivity index (χ2n) is 6.29. The van der Waals surface area contributed by atoms with Crippen LogP contribution < -0.4 is 5.32 Å². The molecule has 2 rings (SSSR count). The number of nitrogens with one attached hydrogen (secondary N) is 1. The summed E-state index contributed by atoms with van der Waals surface area (Å²) in [6, 6.07) is 12.9. The summed E-state index contributed by atoms with van der Waals surface area (Å²) in [4.78, 5) is 23.2. The number of hydrogen-bond donors (Lipinski definition) is 2. The molecule has 0 radical (unpaired) electrons. The van der Waals surface area contributed by atoms with Gasteiger partial charge in [0.1, 0.15) is 0 Å². The van der Waals surface area contributed by atoms with Gasteiger partial charge in [0.25, 0.3) is 0 Å². The maximum absolute atomic E-state index is 12.2. The molecular formula is C19H21NO5S. The van der Waals surface area contributed by atoms with Gasteiger partial charge in [-0.15, -0.1) is 0 Å². The first kappa shape index (κ1) is 19.7. The maximum atomic E-state index is 12.2. The van der Waals surface area contributed by atoms with E-state index < -0.39 is 21.1 Å². The molecule has 0 atom stereocenters. The highest BCUT2D eigenvalue weighted by molar-refractivity contribution is 7.91. The first-order valence-corrected chi connectivity index (χ1v) is 9.81. The lowest BCUT2D eigenvalue weighted by molar-refractivity contribution is -0.115. The van der Waals surface area contributed by atoms with Gasteiger partial charge in [-0.1, -0.05) is 24.3 Å². The Morgan fingerprint density at radius 1 is 1.04 bits per heavy atom. The van der Waals surface area contributed by atoms with Gasteiger partial charge in [0.05, 0.1) is 23.0 Å². The maximum Gasteiger partial charge on any atom is 0.335 e. The standard InChI is InChI=1S/C19H21NO5S/c1-13(2)26(24,25)12-15-6-4-8-17(10-15)20-18(21)11-14-5-3-7-16(9-14)19(22)23/h3-10,13H,11-12H2,1-2H3,(H,20,21)(H,22,23). The van der Waals surface area contributed by atoms with Gasteiger partial charge in [0.15, 0.2) is 9.84 Å². The molecule has 0 bridgehead atoms. The van der Waals surface area contributed by atoms with E-state index in [-0.39, 0.29) is 23.6 Å². The number of hydrogen-bond acceptors (Lipinski definition) is 4. The van der Waals surface area contributed by atoms with Gasteiger partial charge in [-0.25, -0.2) is 13.2 Å². The molecule has 0 aromatic heterocycles. The average Bonchev–Trinajstić information content (AvgIpc) is 2.54. The van der Waals surface area contributed by atoms with E-state index in [0.717, 1.165) is 0 Å². The van der Waals surface area contributed by atoms with Gasteiger partial charge >= 0.3 is 5.97 Å². The van der Waals surface area contributed by atoms with Crippen LogP contribution in [-0.2, 0) is 26.8 Å². The Hall–Kier alpha value is -2.67. The minimum Gasteiger partial charge on any atom is -0.478 e. The van der Waals surface area contributed by atoms with Crippen LogP contribution in [-0.4, -0.2) is 30.7 Å². The van der Waals surface area contributed by atoms with Crippen molar-refractivity contribution in [3.63, 3.8) is 0 Å². The third-order valence-corrected chi connectivity index (χ3v) is 6.01. The molecular weight excluding hydrogens is 354 g/mol.